The Morgan fingerprint density at radius 2 is 1.87 bits per heavy atom. The average molecular weight is 423 g/mol. The van der Waals surface area contributed by atoms with Gasteiger partial charge in [-0.25, -0.2) is 0 Å². The monoisotopic (exact) mass is 422 g/mol. The Morgan fingerprint density at radius 1 is 1.19 bits per heavy atom. The van der Waals surface area contributed by atoms with E-state index in [1.54, 1.807) is 0 Å². The summed E-state index contributed by atoms with van der Waals surface area (Å²) in [6.07, 6.45) is 9.02. The zero-order chi connectivity index (χ0) is 21.6. The van der Waals surface area contributed by atoms with Gasteiger partial charge in [0.2, 0.25) is 0 Å². The molecular formula is C26H34N2O3. The summed E-state index contributed by atoms with van der Waals surface area (Å²) in [7, 11) is 0. The predicted molar refractivity (Wildman–Crippen MR) is 119 cm³/mol. The molecule has 5 heteroatoms. The van der Waals surface area contributed by atoms with Gasteiger partial charge in [0, 0.05) is 6.04 Å². The molecule has 1 unspecified atom stereocenters. The lowest BCUT2D eigenvalue weighted by Gasteiger charge is -2.59. The van der Waals surface area contributed by atoms with Crippen LogP contribution < -0.4 is 10.1 Å². The number of nitrogens with zero attached hydrogens (tertiary/aromatic N) is 1. The molecule has 0 saturated heterocycles. The van der Waals surface area contributed by atoms with Gasteiger partial charge in [-0.2, -0.15) is 0 Å². The van der Waals surface area contributed by atoms with Crippen molar-refractivity contribution in [1.29, 1.82) is 0 Å². The van der Waals surface area contributed by atoms with Gasteiger partial charge >= 0.3 is 0 Å². The van der Waals surface area contributed by atoms with Crippen LogP contribution in [0.5, 0.6) is 5.75 Å². The van der Waals surface area contributed by atoms with Gasteiger partial charge in [-0.15, -0.1) is 0 Å². The molecule has 2 aromatic rings. The minimum atomic E-state index is -0.123. The maximum atomic E-state index is 13.3. The number of carbonyl (C=O) groups excluding carboxylic acids is 1. The highest BCUT2D eigenvalue weighted by molar-refractivity contribution is 5.94. The molecule has 1 atom stereocenters. The zero-order valence-corrected chi connectivity index (χ0v) is 18.9. The van der Waals surface area contributed by atoms with E-state index in [1.807, 2.05) is 38.1 Å². The van der Waals surface area contributed by atoms with Gasteiger partial charge in [-0.3, -0.25) is 4.79 Å². The first-order chi connectivity index (χ1) is 15.0. The molecule has 1 aromatic heterocycles. The third-order valence-electron chi connectivity index (χ3n) is 8.11. The van der Waals surface area contributed by atoms with E-state index in [-0.39, 0.29) is 24.0 Å². The van der Waals surface area contributed by atoms with Gasteiger partial charge in [0.05, 0.1) is 5.56 Å². The van der Waals surface area contributed by atoms with Gasteiger partial charge in [0.15, 0.2) is 5.69 Å². The highest BCUT2D eigenvalue weighted by Crippen LogP contribution is 2.61. The van der Waals surface area contributed by atoms with Crippen molar-refractivity contribution in [2.75, 3.05) is 0 Å². The largest absolute Gasteiger partial charge is 0.489 e. The lowest BCUT2D eigenvalue weighted by Crippen LogP contribution is -2.56. The first-order valence-corrected chi connectivity index (χ1v) is 11.9. The van der Waals surface area contributed by atoms with E-state index in [0.717, 1.165) is 41.1 Å². The number of nitrogens with one attached hydrogen (secondary N) is 1. The van der Waals surface area contributed by atoms with E-state index in [4.69, 9.17) is 9.26 Å². The van der Waals surface area contributed by atoms with Crippen LogP contribution in [0, 0.1) is 37.0 Å². The van der Waals surface area contributed by atoms with Gasteiger partial charge in [-0.1, -0.05) is 24.2 Å². The van der Waals surface area contributed by atoms with Crippen molar-refractivity contribution in [1.82, 2.24) is 10.5 Å². The fourth-order valence-corrected chi connectivity index (χ4v) is 7.12. The van der Waals surface area contributed by atoms with Gasteiger partial charge < -0.3 is 14.6 Å². The first-order valence-electron chi connectivity index (χ1n) is 11.9. The maximum absolute atomic E-state index is 13.3. The van der Waals surface area contributed by atoms with Gasteiger partial charge in [-0.05, 0) is 99.7 Å². The van der Waals surface area contributed by atoms with Crippen LogP contribution >= 0.6 is 0 Å². The number of carbonyl (C=O) groups is 1. The highest BCUT2D eigenvalue weighted by Gasteiger charge is 2.54. The van der Waals surface area contributed by atoms with Crippen LogP contribution in [-0.4, -0.2) is 17.1 Å². The fourth-order valence-electron chi connectivity index (χ4n) is 7.12. The molecule has 0 spiro atoms. The summed E-state index contributed by atoms with van der Waals surface area (Å²) in [6.45, 7) is 6.36. The van der Waals surface area contributed by atoms with Gasteiger partial charge in [0.25, 0.3) is 5.91 Å². The third kappa shape index (κ3) is 3.88. The van der Waals surface area contributed by atoms with Crippen LogP contribution in [0.4, 0.5) is 0 Å². The van der Waals surface area contributed by atoms with Crippen LogP contribution in [0.3, 0.4) is 0 Å². The smallest absolute Gasteiger partial charge is 0.274 e. The molecule has 6 rings (SSSR count). The van der Waals surface area contributed by atoms with Crippen molar-refractivity contribution in [2.24, 2.45) is 23.2 Å². The topological polar surface area (TPSA) is 64.4 Å². The van der Waals surface area contributed by atoms with E-state index in [9.17, 15) is 4.79 Å². The van der Waals surface area contributed by atoms with E-state index in [1.165, 1.54) is 38.5 Å². The average Bonchev–Trinajstić information content (AvgIpc) is 3.10. The third-order valence-corrected chi connectivity index (χ3v) is 8.11. The summed E-state index contributed by atoms with van der Waals surface area (Å²) in [5.41, 5.74) is 2.52. The Hall–Kier alpha value is -2.30. The quantitative estimate of drug-likeness (QED) is 0.631. The van der Waals surface area contributed by atoms with Crippen LogP contribution in [0.15, 0.2) is 28.8 Å². The number of aromatic nitrogens is 1. The van der Waals surface area contributed by atoms with Crippen molar-refractivity contribution in [3.63, 3.8) is 0 Å². The molecule has 0 radical (unpaired) electrons. The molecule has 4 saturated carbocycles. The van der Waals surface area contributed by atoms with Crippen LogP contribution in [0.2, 0.25) is 0 Å². The number of benzene rings is 1. The predicted octanol–water partition coefficient (Wildman–Crippen LogP) is 5.60. The second-order valence-corrected chi connectivity index (χ2v) is 10.4. The number of amides is 1. The Morgan fingerprint density at radius 3 is 2.48 bits per heavy atom. The zero-order valence-electron chi connectivity index (χ0n) is 18.9. The number of hydrogen-bond acceptors (Lipinski definition) is 4. The lowest BCUT2D eigenvalue weighted by molar-refractivity contribution is -0.0727. The van der Waals surface area contributed by atoms with Crippen molar-refractivity contribution < 1.29 is 14.1 Å². The van der Waals surface area contributed by atoms with Crippen LogP contribution in [0.1, 0.15) is 79.2 Å². The standard InChI is InChI=1S/C26H34N2O3/c1-4-23(26-12-18-9-19(13-26)11-20(10-18)14-26)27-25(29)24-22(17(3)31-28-24)15-30-21-7-5-6-16(2)8-21/h5-8,18-20,23H,4,9-15H2,1-3H3,(H,27,29). The summed E-state index contributed by atoms with van der Waals surface area (Å²) in [4.78, 5) is 13.3. The van der Waals surface area contributed by atoms with E-state index >= 15 is 0 Å². The molecule has 1 amide bonds. The minimum Gasteiger partial charge on any atom is -0.489 e. The molecule has 166 valence electrons. The minimum absolute atomic E-state index is 0.123. The number of ether oxygens (including phenoxy) is 1. The number of aryl methyl sites for hydroxylation is 2. The number of hydrogen-bond donors (Lipinski definition) is 1. The lowest BCUT2D eigenvalue weighted by atomic mass is 9.47. The van der Waals surface area contributed by atoms with Crippen molar-refractivity contribution in [3.05, 3.63) is 46.8 Å². The molecule has 1 N–H and O–H groups in total. The molecule has 4 aliphatic rings. The second-order valence-electron chi connectivity index (χ2n) is 10.4. The van der Waals surface area contributed by atoms with E-state index in [0.29, 0.717) is 11.5 Å². The summed E-state index contributed by atoms with van der Waals surface area (Å²) in [6, 6.07) is 8.12. The SMILES string of the molecule is CCC(NC(=O)c1noc(C)c1COc1cccc(C)c1)C12CC3CC(CC(C3)C1)C2. The maximum Gasteiger partial charge on any atom is 0.274 e. The Balaban J connectivity index is 1.31. The normalized spacial score (nSPS) is 29.7. The van der Waals surface area contributed by atoms with Gasteiger partial charge in [0.1, 0.15) is 18.1 Å². The Kier molecular flexibility index (Phi) is 5.31. The van der Waals surface area contributed by atoms with Crippen LogP contribution in [0.25, 0.3) is 0 Å². The van der Waals surface area contributed by atoms with E-state index < -0.39 is 0 Å². The molecule has 0 aliphatic heterocycles. The van der Waals surface area contributed by atoms with Crippen molar-refractivity contribution in [3.8, 4) is 5.75 Å². The molecule has 31 heavy (non-hydrogen) atoms. The Labute approximate surface area is 184 Å². The first kappa shape index (κ1) is 20.6. The summed E-state index contributed by atoms with van der Waals surface area (Å²) in [5.74, 6) is 3.90. The Bertz CT molecular complexity index is 928. The van der Waals surface area contributed by atoms with Crippen molar-refractivity contribution >= 4 is 5.91 Å². The molecule has 4 bridgehead atoms. The summed E-state index contributed by atoms with van der Waals surface area (Å²) < 4.78 is 11.4. The molecule has 4 aliphatic carbocycles. The molecule has 1 aromatic carbocycles. The molecule has 1 heterocycles. The second kappa shape index (κ2) is 7.99. The number of rotatable bonds is 7. The highest BCUT2D eigenvalue weighted by atomic mass is 16.5. The fraction of sp³-hybridized carbons (Fsp3) is 0.615. The van der Waals surface area contributed by atoms with E-state index in [2.05, 4.69) is 17.4 Å². The molecule has 4 fully saturated rings. The van der Waals surface area contributed by atoms with Crippen molar-refractivity contribution in [2.45, 2.75) is 78.4 Å². The summed E-state index contributed by atoms with van der Waals surface area (Å²) in [5, 5.41) is 7.50. The van der Waals surface area contributed by atoms with Crippen LogP contribution in [-0.2, 0) is 6.61 Å². The summed E-state index contributed by atoms with van der Waals surface area (Å²) >= 11 is 0. The molecular weight excluding hydrogens is 388 g/mol. The molecule has 5 nitrogen and oxygen atoms in total.